The molecule has 0 aromatic carbocycles. The minimum Gasteiger partial charge on any atom is -0.376 e. The number of ether oxygens (including phenoxy) is 1. The van der Waals surface area contributed by atoms with E-state index in [0.717, 1.165) is 18.7 Å². The third-order valence-corrected chi connectivity index (χ3v) is 2.23. The van der Waals surface area contributed by atoms with Crippen molar-refractivity contribution in [3.63, 3.8) is 0 Å². The first-order valence-electron chi connectivity index (χ1n) is 5.52. The van der Waals surface area contributed by atoms with Gasteiger partial charge in [-0.15, -0.1) is 0 Å². The highest BCUT2D eigenvalue weighted by Crippen LogP contribution is 2.03. The number of hydrogen-bond donors (Lipinski definition) is 1. The van der Waals surface area contributed by atoms with E-state index in [1.54, 1.807) is 0 Å². The monoisotopic (exact) mass is 220 g/mol. The van der Waals surface area contributed by atoms with Gasteiger partial charge in [-0.1, -0.05) is 12.2 Å². The molecule has 0 radical (unpaired) electrons. The van der Waals surface area contributed by atoms with Crippen LogP contribution >= 0.6 is 0 Å². The van der Waals surface area contributed by atoms with E-state index < -0.39 is 0 Å². The van der Waals surface area contributed by atoms with E-state index in [1.807, 2.05) is 25.4 Å². The minimum atomic E-state index is 0.646. The summed E-state index contributed by atoms with van der Waals surface area (Å²) in [5, 5.41) is 3.32. The van der Waals surface area contributed by atoms with Crippen LogP contribution in [0.4, 0.5) is 0 Å². The van der Waals surface area contributed by atoms with Gasteiger partial charge in [0.15, 0.2) is 0 Å². The molecule has 0 fully saturated rings. The molecule has 0 saturated carbocycles. The highest BCUT2D eigenvalue weighted by Gasteiger charge is 1.96. The summed E-state index contributed by atoms with van der Waals surface area (Å²) in [5.74, 6) is 0. The average molecular weight is 220 g/mol. The Hall–Kier alpha value is -1.19. The normalized spacial score (nSPS) is 10.4. The van der Waals surface area contributed by atoms with Gasteiger partial charge in [-0.3, -0.25) is 4.98 Å². The largest absolute Gasteiger partial charge is 0.376 e. The van der Waals surface area contributed by atoms with Crippen LogP contribution < -0.4 is 5.32 Å². The lowest BCUT2D eigenvalue weighted by atomic mass is 10.2. The van der Waals surface area contributed by atoms with Gasteiger partial charge in [0.2, 0.25) is 0 Å². The fourth-order valence-electron chi connectivity index (χ4n) is 1.30. The quantitative estimate of drug-likeness (QED) is 0.564. The molecule has 3 nitrogen and oxygen atoms in total. The molecule has 3 heteroatoms. The second-order valence-corrected chi connectivity index (χ2v) is 3.99. The van der Waals surface area contributed by atoms with Crippen molar-refractivity contribution in [2.75, 3.05) is 19.8 Å². The number of nitrogens with one attached hydrogen (secondary N) is 1. The molecule has 1 N–H and O–H groups in total. The van der Waals surface area contributed by atoms with Crippen LogP contribution in [0.2, 0.25) is 0 Å². The first kappa shape index (κ1) is 12.9. The number of rotatable bonds is 7. The van der Waals surface area contributed by atoms with Gasteiger partial charge >= 0.3 is 0 Å². The van der Waals surface area contributed by atoms with E-state index in [2.05, 4.69) is 23.8 Å². The molecule has 0 atom stereocenters. The van der Waals surface area contributed by atoms with Gasteiger partial charge in [0.25, 0.3) is 0 Å². The van der Waals surface area contributed by atoms with Crippen LogP contribution in [0.1, 0.15) is 18.1 Å². The van der Waals surface area contributed by atoms with Gasteiger partial charge in [-0.25, -0.2) is 0 Å². The molecule has 0 bridgehead atoms. The van der Waals surface area contributed by atoms with Crippen molar-refractivity contribution in [3.05, 3.63) is 41.7 Å². The summed E-state index contributed by atoms with van der Waals surface area (Å²) in [5.41, 5.74) is 3.57. The van der Waals surface area contributed by atoms with Crippen molar-refractivity contribution >= 4 is 0 Å². The van der Waals surface area contributed by atoms with Crippen LogP contribution in [0.15, 0.2) is 30.6 Å². The van der Waals surface area contributed by atoms with Crippen LogP contribution in [0.25, 0.3) is 0 Å². The Morgan fingerprint density at radius 1 is 1.56 bits per heavy atom. The smallest absolute Gasteiger partial charge is 0.0672 e. The highest BCUT2D eigenvalue weighted by molar-refractivity contribution is 5.20. The summed E-state index contributed by atoms with van der Waals surface area (Å²) in [6.07, 6.45) is 3.71. The minimum absolute atomic E-state index is 0.646. The molecular formula is C13H20N2O. The zero-order valence-corrected chi connectivity index (χ0v) is 10.1. The maximum Gasteiger partial charge on any atom is 0.0672 e. The molecule has 1 aromatic heterocycles. The van der Waals surface area contributed by atoms with Crippen LogP contribution in [-0.4, -0.2) is 24.7 Å². The number of hydrogen-bond acceptors (Lipinski definition) is 3. The Morgan fingerprint density at radius 2 is 2.38 bits per heavy atom. The number of nitrogens with zero attached hydrogens (tertiary/aromatic N) is 1. The lowest BCUT2D eigenvalue weighted by Crippen LogP contribution is -2.20. The van der Waals surface area contributed by atoms with Gasteiger partial charge < -0.3 is 10.1 Å². The van der Waals surface area contributed by atoms with Crippen molar-refractivity contribution in [2.45, 2.75) is 20.4 Å². The third kappa shape index (κ3) is 5.05. The van der Waals surface area contributed by atoms with E-state index >= 15 is 0 Å². The van der Waals surface area contributed by atoms with E-state index in [-0.39, 0.29) is 0 Å². The van der Waals surface area contributed by atoms with Gasteiger partial charge in [-0.2, -0.15) is 0 Å². The molecule has 0 unspecified atom stereocenters. The first-order chi connectivity index (χ1) is 7.70. The Balaban J connectivity index is 2.12. The predicted molar refractivity (Wildman–Crippen MR) is 66.3 cm³/mol. The SMILES string of the molecule is C=C(C)COCCNCc1cnccc1C. The lowest BCUT2D eigenvalue weighted by Gasteiger charge is -2.07. The molecule has 0 aliphatic rings. The summed E-state index contributed by atoms with van der Waals surface area (Å²) >= 11 is 0. The molecule has 1 rings (SSSR count). The van der Waals surface area contributed by atoms with E-state index in [1.165, 1.54) is 11.1 Å². The number of aryl methyl sites for hydroxylation is 1. The third-order valence-electron chi connectivity index (χ3n) is 2.23. The standard InChI is InChI=1S/C13H20N2O/c1-11(2)10-16-7-6-15-9-13-8-14-5-4-12(13)3/h4-5,8,15H,1,6-7,9-10H2,2-3H3. The second-order valence-electron chi connectivity index (χ2n) is 3.99. The maximum atomic E-state index is 5.39. The molecule has 1 aromatic rings. The molecule has 16 heavy (non-hydrogen) atoms. The molecular weight excluding hydrogens is 200 g/mol. The van der Waals surface area contributed by atoms with E-state index in [4.69, 9.17) is 4.74 Å². The first-order valence-corrected chi connectivity index (χ1v) is 5.52. The second kappa shape index (κ2) is 7.14. The Labute approximate surface area is 97.5 Å². The van der Waals surface area contributed by atoms with Crippen molar-refractivity contribution < 1.29 is 4.74 Å². The van der Waals surface area contributed by atoms with Gasteiger partial charge in [-0.05, 0) is 31.0 Å². The fourth-order valence-corrected chi connectivity index (χ4v) is 1.30. The number of aromatic nitrogens is 1. The molecule has 0 amide bonds. The van der Waals surface area contributed by atoms with Crippen molar-refractivity contribution in [3.8, 4) is 0 Å². The summed E-state index contributed by atoms with van der Waals surface area (Å²) in [7, 11) is 0. The molecule has 0 saturated heterocycles. The topological polar surface area (TPSA) is 34.1 Å². The Morgan fingerprint density at radius 3 is 3.06 bits per heavy atom. The summed E-state index contributed by atoms with van der Waals surface area (Å²) in [4.78, 5) is 4.10. The van der Waals surface area contributed by atoms with Gasteiger partial charge in [0.05, 0.1) is 13.2 Å². The maximum absolute atomic E-state index is 5.39. The van der Waals surface area contributed by atoms with Gasteiger partial charge in [0.1, 0.15) is 0 Å². The Kier molecular flexibility index (Phi) is 5.75. The van der Waals surface area contributed by atoms with Crippen molar-refractivity contribution in [2.24, 2.45) is 0 Å². The molecule has 88 valence electrons. The fraction of sp³-hybridized carbons (Fsp3) is 0.462. The van der Waals surface area contributed by atoms with Crippen molar-refractivity contribution in [1.82, 2.24) is 10.3 Å². The zero-order valence-electron chi connectivity index (χ0n) is 10.1. The molecule has 0 aliphatic carbocycles. The zero-order chi connectivity index (χ0) is 11.8. The average Bonchev–Trinajstić information content (AvgIpc) is 2.25. The lowest BCUT2D eigenvalue weighted by molar-refractivity contribution is 0.157. The van der Waals surface area contributed by atoms with E-state index in [9.17, 15) is 0 Å². The molecule has 0 spiro atoms. The summed E-state index contributed by atoms with van der Waals surface area (Å²) < 4.78 is 5.39. The van der Waals surface area contributed by atoms with Crippen LogP contribution in [0.3, 0.4) is 0 Å². The van der Waals surface area contributed by atoms with Gasteiger partial charge in [0, 0.05) is 25.5 Å². The highest BCUT2D eigenvalue weighted by atomic mass is 16.5. The van der Waals surface area contributed by atoms with Crippen LogP contribution in [0, 0.1) is 6.92 Å². The van der Waals surface area contributed by atoms with Crippen LogP contribution in [0.5, 0.6) is 0 Å². The summed E-state index contributed by atoms with van der Waals surface area (Å²) in [6.45, 7) is 10.9. The number of pyridine rings is 1. The summed E-state index contributed by atoms with van der Waals surface area (Å²) in [6, 6.07) is 2.02. The van der Waals surface area contributed by atoms with Crippen LogP contribution in [-0.2, 0) is 11.3 Å². The van der Waals surface area contributed by atoms with Crippen molar-refractivity contribution in [1.29, 1.82) is 0 Å². The molecule has 0 aliphatic heterocycles. The predicted octanol–water partition coefficient (Wildman–Crippen LogP) is 2.07. The molecule has 1 heterocycles. The Bertz CT molecular complexity index is 336. The van der Waals surface area contributed by atoms with E-state index in [0.29, 0.717) is 13.2 Å².